The first kappa shape index (κ1) is 12.5. The van der Waals surface area contributed by atoms with Gasteiger partial charge >= 0.3 is 0 Å². The van der Waals surface area contributed by atoms with Crippen LogP contribution in [0.2, 0.25) is 0 Å². The lowest BCUT2D eigenvalue weighted by molar-refractivity contribution is 0.357. The minimum Gasteiger partial charge on any atom is -0.352 e. The predicted octanol–water partition coefficient (Wildman–Crippen LogP) is 1.68. The van der Waals surface area contributed by atoms with E-state index in [0.29, 0.717) is 0 Å². The van der Waals surface area contributed by atoms with Crippen LogP contribution >= 0.6 is 0 Å². The second-order valence-corrected chi connectivity index (χ2v) is 5.42. The number of piperazine rings is 1. The van der Waals surface area contributed by atoms with E-state index >= 15 is 0 Å². The molecule has 1 fully saturated rings. The first-order chi connectivity index (χ1) is 10.3. The number of hydrogen-bond donors (Lipinski definition) is 1. The molecule has 0 aliphatic carbocycles. The Morgan fingerprint density at radius 1 is 1.05 bits per heavy atom. The fraction of sp³-hybridized carbons (Fsp3) is 0.312. The summed E-state index contributed by atoms with van der Waals surface area (Å²) in [4.78, 5) is 7.35. The molecule has 1 aromatic heterocycles. The number of para-hydroxylation sites is 2. The number of amidine groups is 1. The molecule has 4 rings (SSSR count). The maximum atomic E-state index is 4.98. The number of nitrogens with zero attached hydrogens (tertiary/aromatic N) is 4. The second-order valence-electron chi connectivity index (χ2n) is 5.42. The molecule has 2 aliphatic heterocycles. The summed E-state index contributed by atoms with van der Waals surface area (Å²) in [7, 11) is 2.08. The molecule has 0 saturated carbocycles. The highest BCUT2D eigenvalue weighted by molar-refractivity contribution is 6.01. The number of anilines is 1. The number of nitrogens with one attached hydrogen (secondary N) is 1. The Hall–Kier alpha value is -2.27. The fourth-order valence-corrected chi connectivity index (χ4v) is 3.04. The molecule has 5 nitrogen and oxygen atoms in total. The van der Waals surface area contributed by atoms with E-state index in [-0.39, 0.29) is 0 Å². The summed E-state index contributed by atoms with van der Waals surface area (Å²) in [5, 5.41) is 5.56. The van der Waals surface area contributed by atoms with Crippen LogP contribution in [0.25, 0.3) is 0 Å². The zero-order valence-electron chi connectivity index (χ0n) is 12.2. The third-order valence-corrected chi connectivity index (χ3v) is 4.15. The Bertz CT molecular complexity index is 681. The lowest BCUT2D eigenvalue weighted by atomic mass is 10.2. The van der Waals surface area contributed by atoms with Crippen LogP contribution in [-0.2, 0) is 0 Å². The molecule has 1 aromatic carbocycles. The van der Waals surface area contributed by atoms with Crippen LogP contribution in [0.3, 0.4) is 0 Å². The van der Waals surface area contributed by atoms with Crippen molar-refractivity contribution in [3.05, 3.63) is 48.3 Å². The summed E-state index contributed by atoms with van der Waals surface area (Å²) in [5.74, 6) is 1.07. The number of fused-ring (bicyclic) bond motifs is 2. The van der Waals surface area contributed by atoms with Crippen LogP contribution in [0.4, 0.5) is 11.4 Å². The predicted molar refractivity (Wildman–Crippen MR) is 85.3 cm³/mol. The number of aliphatic imine (C=N–C) groups is 1. The first-order valence-electron chi connectivity index (χ1n) is 7.40. The van der Waals surface area contributed by atoms with E-state index in [9.17, 15) is 0 Å². The van der Waals surface area contributed by atoms with Crippen molar-refractivity contribution in [2.24, 2.45) is 4.99 Å². The lowest BCUT2D eigenvalue weighted by Crippen LogP contribution is -2.47. The summed E-state index contributed by atoms with van der Waals surface area (Å²) < 4.78 is 2.17. The lowest BCUT2D eigenvalue weighted by Gasteiger charge is -2.30. The molecular formula is C16H19N5. The van der Waals surface area contributed by atoms with Crippen molar-refractivity contribution in [2.45, 2.75) is 0 Å². The van der Waals surface area contributed by atoms with Gasteiger partial charge in [-0.3, -0.25) is 9.69 Å². The van der Waals surface area contributed by atoms with E-state index in [1.165, 1.54) is 0 Å². The van der Waals surface area contributed by atoms with E-state index < -0.39 is 0 Å². The highest BCUT2D eigenvalue weighted by Gasteiger charge is 2.24. The number of aromatic nitrogens is 1. The molecule has 0 amide bonds. The molecule has 2 aromatic rings. The third-order valence-electron chi connectivity index (χ3n) is 4.15. The second kappa shape index (κ2) is 4.93. The van der Waals surface area contributed by atoms with Gasteiger partial charge in [-0.15, -0.1) is 0 Å². The number of hydrogen-bond acceptors (Lipinski definition) is 4. The van der Waals surface area contributed by atoms with Crippen LogP contribution in [-0.4, -0.2) is 48.6 Å². The first-order valence-corrected chi connectivity index (χ1v) is 7.40. The van der Waals surface area contributed by atoms with E-state index in [2.05, 4.69) is 63.5 Å². The topological polar surface area (TPSA) is 35.8 Å². The van der Waals surface area contributed by atoms with Crippen molar-refractivity contribution in [3.63, 3.8) is 0 Å². The van der Waals surface area contributed by atoms with Crippen molar-refractivity contribution in [2.75, 3.05) is 38.2 Å². The van der Waals surface area contributed by atoms with Gasteiger partial charge in [0.05, 0.1) is 11.4 Å². The minimum absolute atomic E-state index is 0.996. The number of benzene rings is 1. The highest BCUT2D eigenvalue weighted by Crippen LogP contribution is 2.32. The van der Waals surface area contributed by atoms with Crippen molar-refractivity contribution in [3.8, 4) is 0 Å². The van der Waals surface area contributed by atoms with Gasteiger partial charge in [0.15, 0.2) is 5.84 Å². The van der Waals surface area contributed by atoms with Gasteiger partial charge in [-0.2, -0.15) is 0 Å². The summed E-state index contributed by atoms with van der Waals surface area (Å²) in [5.41, 5.74) is 3.30. The van der Waals surface area contributed by atoms with Crippen LogP contribution in [0, 0.1) is 0 Å². The number of rotatable bonds is 0. The fourth-order valence-electron chi connectivity index (χ4n) is 3.04. The van der Waals surface area contributed by atoms with E-state index in [0.717, 1.165) is 49.1 Å². The molecule has 1 N–H and O–H groups in total. The quantitative estimate of drug-likeness (QED) is 0.798. The molecule has 21 heavy (non-hydrogen) atoms. The van der Waals surface area contributed by atoms with E-state index in [1.54, 1.807) is 0 Å². The van der Waals surface area contributed by atoms with Crippen molar-refractivity contribution < 1.29 is 0 Å². The summed E-state index contributed by atoms with van der Waals surface area (Å²) in [6.45, 7) is 4.01. The summed E-state index contributed by atoms with van der Waals surface area (Å²) in [6.07, 6.45) is 2.09. The molecule has 0 unspecified atom stereocenters. The Morgan fingerprint density at radius 2 is 1.86 bits per heavy atom. The SMILES string of the molecule is CN1c2ccccc2N=C(N2CCNCC2)c2cccn21. The molecule has 0 spiro atoms. The van der Waals surface area contributed by atoms with Crippen molar-refractivity contribution in [1.82, 2.24) is 14.9 Å². The Balaban J connectivity index is 1.88. The maximum absolute atomic E-state index is 4.98. The average Bonchev–Trinajstić information content (AvgIpc) is 2.98. The van der Waals surface area contributed by atoms with Gasteiger partial charge < -0.3 is 10.2 Å². The minimum atomic E-state index is 0.996. The molecule has 0 bridgehead atoms. The Labute approximate surface area is 124 Å². The zero-order valence-corrected chi connectivity index (χ0v) is 12.2. The Morgan fingerprint density at radius 3 is 2.71 bits per heavy atom. The van der Waals surface area contributed by atoms with Crippen molar-refractivity contribution >= 4 is 17.2 Å². The van der Waals surface area contributed by atoms with Gasteiger partial charge in [-0.05, 0) is 24.3 Å². The smallest absolute Gasteiger partial charge is 0.155 e. The molecule has 0 radical (unpaired) electrons. The highest BCUT2D eigenvalue weighted by atomic mass is 15.5. The van der Waals surface area contributed by atoms with Crippen LogP contribution in [0.5, 0.6) is 0 Å². The molecule has 5 heteroatoms. The standard InChI is InChI=1S/C16H19N5/c1-19-14-6-3-2-5-13(14)18-16(15-7-4-10-21(15)19)20-11-8-17-9-12-20/h2-7,10,17H,8-9,11-12H2,1H3. The summed E-state index contributed by atoms with van der Waals surface area (Å²) in [6, 6.07) is 12.5. The van der Waals surface area contributed by atoms with Crippen LogP contribution < -0.4 is 10.3 Å². The normalized spacial score (nSPS) is 17.9. The van der Waals surface area contributed by atoms with E-state index in [1.807, 2.05) is 6.07 Å². The van der Waals surface area contributed by atoms with Gasteiger partial charge in [0.2, 0.25) is 0 Å². The largest absolute Gasteiger partial charge is 0.352 e. The van der Waals surface area contributed by atoms with Crippen LogP contribution in [0.1, 0.15) is 5.69 Å². The van der Waals surface area contributed by atoms with Crippen LogP contribution in [0.15, 0.2) is 47.6 Å². The summed E-state index contributed by atoms with van der Waals surface area (Å²) >= 11 is 0. The average molecular weight is 281 g/mol. The van der Waals surface area contributed by atoms with Gasteiger partial charge in [0.25, 0.3) is 0 Å². The van der Waals surface area contributed by atoms with Gasteiger partial charge in [-0.25, -0.2) is 4.99 Å². The van der Waals surface area contributed by atoms with Gasteiger partial charge in [0.1, 0.15) is 5.69 Å². The third kappa shape index (κ3) is 2.01. The molecule has 3 heterocycles. The molecule has 1 saturated heterocycles. The Kier molecular flexibility index (Phi) is 2.93. The van der Waals surface area contributed by atoms with Gasteiger partial charge in [-0.1, -0.05) is 12.1 Å². The molecular weight excluding hydrogens is 262 g/mol. The van der Waals surface area contributed by atoms with Crippen molar-refractivity contribution in [1.29, 1.82) is 0 Å². The van der Waals surface area contributed by atoms with Gasteiger partial charge in [0, 0.05) is 39.4 Å². The molecule has 108 valence electrons. The molecule has 2 aliphatic rings. The molecule has 0 atom stereocenters. The zero-order chi connectivity index (χ0) is 14.2. The van der Waals surface area contributed by atoms with E-state index in [4.69, 9.17) is 4.99 Å². The monoisotopic (exact) mass is 281 g/mol. The maximum Gasteiger partial charge on any atom is 0.155 e.